The summed E-state index contributed by atoms with van der Waals surface area (Å²) in [6, 6.07) is 11.7. The lowest BCUT2D eigenvalue weighted by molar-refractivity contribution is -0.136. The molecule has 2 amide bonds. The summed E-state index contributed by atoms with van der Waals surface area (Å²) < 4.78 is 0.926. The Morgan fingerprint density at radius 1 is 1.19 bits per heavy atom. The molecule has 0 bridgehead atoms. The second-order valence-corrected chi connectivity index (χ2v) is 7.77. The minimum absolute atomic E-state index is 0.0149. The van der Waals surface area contributed by atoms with E-state index in [0.29, 0.717) is 6.54 Å². The van der Waals surface area contributed by atoms with Gasteiger partial charge in [-0.2, -0.15) is 0 Å². The van der Waals surface area contributed by atoms with E-state index >= 15 is 0 Å². The Hall–Kier alpha value is -2.21. The molecular weight excluding hydrogens is 394 g/mol. The summed E-state index contributed by atoms with van der Waals surface area (Å²) in [6.45, 7) is 1.21. The second kappa shape index (κ2) is 7.19. The van der Waals surface area contributed by atoms with E-state index < -0.39 is 0 Å². The van der Waals surface area contributed by atoms with Crippen LogP contribution in [0.5, 0.6) is 0 Å². The van der Waals surface area contributed by atoms with Gasteiger partial charge < -0.3 is 9.80 Å². The lowest BCUT2D eigenvalue weighted by Crippen LogP contribution is -2.37. The molecule has 0 unspecified atom stereocenters. The molecule has 1 aromatic heterocycles. The van der Waals surface area contributed by atoms with E-state index in [1.807, 2.05) is 41.3 Å². The predicted octanol–water partition coefficient (Wildman–Crippen LogP) is 3.56. The number of anilines is 1. The van der Waals surface area contributed by atoms with Gasteiger partial charge in [0.15, 0.2) is 0 Å². The third kappa shape index (κ3) is 3.26. The number of nitrogens with zero attached hydrogens (tertiary/aromatic N) is 3. The van der Waals surface area contributed by atoms with Crippen molar-refractivity contribution in [2.45, 2.75) is 25.3 Å². The van der Waals surface area contributed by atoms with Gasteiger partial charge in [0, 0.05) is 42.1 Å². The second-order valence-electron chi connectivity index (χ2n) is 6.86. The first-order chi connectivity index (χ1) is 12.6. The topological polar surface area (TPSA) is 53.5 Å². The lowest BCUT2D eigenvalue weighted by atomic mass is 10.0. The summed E-state index contributed by atoms with van der Waals surface area (Å²) in [5.74, 6) is -0.166. The van der Waals surface area contributed by atoms with Crippen LogP contribution in [0, 0.1) is 5.92 Å². The fourth-order valence-electron chi connectivity index (χ4n) is 3.96. The first-order valence-corrected chi connectivity index (χ1v) is 9.69. The van der Waals surface area contributed by atoms with Crippen molar-refractivity contribution in [3.8, 4) is 0 Å². The Labute approximate surface area is 161 Å². The number of rotatable bonds is 3. The molecule has 2 fully saturated rings. The van der Waals surface area contributed by atoms with Crippen LogP contribution in [0.15, 0.2) is 53.3 Å². The van der Waals surface area contributed by atoms with Crippen molar-refractivity contribution in [1.82, 2.24) is 9.88 Å². The number of carbonyl (C=O) groups is 2. The Morgan fingerprint density at radius 2 is 2.00 bits per heavy atom. The number of amides is 2. The van der Waals surface area contributed by atoms with Crippen molar-refractivity contribution in [1.29, 1.82) is 0 Å². The normalized spacial score (nSPS) is 22.9. The zero-order chi connectivity index (χ0) is 18.1. The Balaban J connectivity index is 1.51. The van der Waals surface area contributed by atoms with Gasteiger partial charge in [0.1, 0.15) is 0 Å². The molecule has 0 saturated carbocycles. The van der Waals surface area contributed by atoms with Crippen LogP contribution >= 0.6 is 15.9 Å². The van der Waals surface area contributed by atoms with E-state index in [1.54, 1.807) is 17.3 Å². The summed E-state index contributed by atoms with van der Waals surface area (Å²) >= 11 is 3.44. The SMILES string of the molecule is O=C1C[C@@H](C(=O)N2CCC[C@H]2c2ccncc2)CN1c1cccc(Br)c1. The van der Waals surface area contributed by atoms with Crippen LogP contribution in [0.3, 0.4) is 0 Å². The predicted molar refractivity (Wildman–Crippen MR) is 103 cm³/mol. The summed E-state index contributed by atoms with van der Waals surface area (Å²) in [4.78, 5) is 33.4. The quantitative estimate of drug-likeness (QED) is 0.772. The van der Waals surface area contributed by atoms with Crippen molar-refractivity contribution in [2.24, 2.45) is 5.92 Å². The van der Waals surface area contributed by atoms with Gasteiger partial charge in [0.2, 0.25) is 11.8 Å². The maximum Gasteiger partial charge on any atom is 0.228 e. The zero-order valence-electron chi connectivity index (χ0n) is 14.3. The molecule has 26 heavy (non-hydrogen) atoms. The van der Waals surface area contributed by atoms with Gasteiger partial charge >= 0.3 is 0 Å². The standard InChI is InChI=1S/C20H20BrN3O2/c21-16-3-1-4-17(12-16)24-13-15(11-19(24)25)20(26)23-10-2-5-18(23)14-6-8-22-9-7-14/h1,3-4,6-9,12,15,18H,2,5,10-11,13H2/t15-,18+/m1/s1. The molecule has 134 valence electrons. The first kappa shape index (κ1) is 17.2. The van der Waals surface area contributed by atoms with E-state index in [4.69, 9.17) is 0 Å². The highest BCUT2D eigenvalue weighted by atomic mass is 79.9. The molecule has 0 aliphatic carbocycles. The molecule has 1 aromatic carbocycles. The van der Waals surface area contributed by atoms with Gasteiger partial charge in [-0.25, -0.2) is 0 Å². The molecule has 2 aliphatic heterocycles. The number of halogens is 1. The van der Waals surface area contributed by atoms with Crippen LogP contribution in [-0.4, -0.2) is 34.8 Å². The van der Waals surface area contributed by atoms with Gasteiger partial charge in [-0.15, -0.1) is 0 Å². The van der Waals surface area contributed by atoms with E-state index in [9.17, 15) is 9.59 Å². The number of pyridine rings is 1. The number of aromatic nitrogens is 1. The first-order valence-electron chi connectivity index (χ1n) is 8.90. The number of hydrogen-bond donors (Lipinski definition) is 0. The molecule has 2 aliphatic rings. The molecule has 6 heteroatoms. The monoisotopic (exact) mass is 413 g/mol. The molecule has 3 heterocycles. The summed E-state index contributed by atoms with van der Waals surface area (Å²) in [7, 11) is 0. The van der Waals surface area contributed by atoms with Crippen molar-refractivity contribution < 1.29 is 9.59 Å². The maximum absolute atomic E-state index is 13.1. The number of likely N-dealkylation sites (tertiary alicyclic amines) is 1. The third-order valence-electron chi connectivity index (χ3n) is 5.22. The maximum atomic E-state index is 13.1. The van der Waals surface area contributed by atoms with Gasteiger partial charge in [0.25, 0.3) is 0 Å². The van der Waals surface area contributed by atoms with E-state index in [-0.39, 0.29) is 30.2 Å². The van der Waals surface area contributed by atoms with Crippen LogP contribution in [-0.2, 0) is 9.59 Å². The largest absolute Gasteiger partial charge is 0.335 e. The molecule has 0 spiro atoms. The Morgan fingerprint density at radius 3 is 2.77 bits per heavy atom. The van der Waals surface area contributed by atoms with Crippen LogP contribution in [0.25, 0.3) is 0 Å². The van der Waals surface area contributed by atoms with Gasteiger partial charge in [-0.05, 0) is 48.7 Å². The minimum Gasteiger partial charge on any atom is -0.335 e. The highest BCUT2D eigenvalue weighted by Crippen LogP contribution is 2.35. The van der Waals surface area contributed by atoms with Crippen LogP contribution in [0.1, 0.15) is 30.9 Å². The zero-order valence-corrected chi connectivity index (χ0v) is 15.9. The van der Waals surface area contributed by atoms with Crippen molar-refractivity contribution in [3.63, 3.8) is 0 Å². The summed E-state index contributed by atoms with van der Waals surface area (Å²) in [6.07, 6.45) is 5.78. The van der Waals surface area contributed by atoms with E-state index in [0.717, 1.165) is 35.1 Å². The fraction of sp³-hybridized carbons (Fsp3) is 0.350. The molecule has 0 radical (unpaired) electrons. The van der Waals surface area contributed by atoms with Gasteiger partial charge in [-0.1, -0.05) is 22.0 Å². The van der Waals surface area contributed by atoms with Gasteiger partial charge in [0.05, 0.1) is 12.0 Å². The Kier molecular flexibility index (Phi) is 4.76. The smallest absolute Gasteiger partial charge is 0.228 e. The average Bonchev–Trinajstić information content (AvgIpc) is 3.29. The summed E-state index contributed by atoms with van der Waals surface area (Å²) in [5, 5.41) is 0. The highest BCUT2D eigenvalue weighted by molar-refractivity contribution is 9.10. The van der Waals surface area contributed by atoms with Crippen LogP contribution < -0.4 is 4.90 Å². The number of carbonyl (C=O) groups excluding carboxylic acids is 2. The van der Waals surface area contributed by atoms with Crippen LogP contribution in [0.2, 0.25) is 0 Å². The number of benzene rings is 1. The molecule has 5 nitrogen and oxygen atoms in total. The molecule has 2 saturated heterocycles. The van der Waals surface area contributed by atoms with E-state index in [2.05, 4.69) is 20.9 Å². The van der Waals surface area contributed by atoms with Crippen molar-refractivity contribution in [3.05, 3.63) is 58.8 Å². The molecule has 2 aromatic rings. The fourth-order valence-corrected chi connectivity index (χ4v) is 4.35. The highest BCUT2D eigenvalue weighted by Gasteiger charge is 2.40. The third-order valence-corrected chi connectivity index (χ3v) is 5.71. The Bertz CT molecular complexity index is 827. The van der Waals surface area contributed by atoms with E-state index in [1.165, 1.54) is 0 Å². The minimum atomic E-state index is -0.274. The van der Waals surface area contributed by atoms with Crippen molar-refractivity contribution >= 4 is 33.4 Å². The number of hydrogen-bond acceptors (Lipinski definition) is 3. The molecule has 4 rings (SSSR count). The lowest BCUT2D eigenvalue weighted by Gasteiger charge is -2.27. The van der Waals surface area contributed by atoms with Gasteiger partial charge in [-0.3, -0.25) is 14.6 Å². The van der Waals surface area contributed by atoms with Crippen LogP contribution in [0.4, 0.5) is 5.69 Å². The van der Waals surface area contributed by atoms with Crippen molar-refractivity contribution in [2.75, 3.05) is 18.0 Å². The molecular formula is C20H20BrN3O2. The molecule has 0 N–H and O–H groups in total. The summed E-state index contributed by atoms with van der Waals surface area (Å²) in [5.41, 5.74) is 1.96. The average molecular weight is 414 g/mol. The molecule has 2 atom stereocenters.